The molecule has 1 aliphatic heterocycles. The van der Waals surface area contributed by atoms with Crippen LogP contribution in [-0.4, -0.2) is 48.7 Å². The lowest BCUT2D eigenvalue weighted by molar-refractivity contribution is -0.139. The zero-order valence-electron chi connectivity index (χ0n) is 16.3. The van der Waals surface area contributed by atoms with E-state index in [1.54, 1.807) is 23.1 Å². The Morgan fingerprint density at radius 1 is 1.20 bits per heavy atom. The molecule has 2 N–H and O–H groups in total. The summed E-state index contributed by atoms with van der Waals surface area (Å²) in [6, 6.07) is 6.91. The number of hydrogen-bond donors (Lipinski definition) is 1. The number of benzene rings is 1. The number of likely N-dealkylation sites (tertiary alicyclic amines) is 1. The second-order valence-corrected chi connectivity index (χ2v) is 10.2. The Labute approximate surface area is 183 Å². The predicted molar refractivity (Wildman–Crippen MR) is 112 cm³/mol. The number of nitrogens with two attached hydrogens (primary N) is 1. The highest BCUT2D eigenvalue weighted by Crippen LogP contribution is 2.55. The Morgan fingerprint density at radius 3 is 2.63 bits per heavy atom. The molecule has 0 radical (unpaired) electrons. The molecule has 2 amide bonds. The molecule has 0 unspecified atom stereocenters. The second kappa shape index (κ2) is 6.95. The highest BCUT2D eigenvalue weighted by Gasteiger charge is 2.56. The maximum absolute atomic E-state index is 13.2. The fourth-order valence-electron chi connectivity index (χ4n) is 4.81. The van der Waals surface area contributed by atoms with Crippen LogP contribution in [0.1, 0.15) is 42.6 Å². The fourth-order valence-corrected chi connectivity index (χ4v) is 5.40. The van der Waals surface area contributed by atoms with Crippen LogP contribution in [0, 0.1) is 11.8 Å². The molecule has 7 nitrogen and oxygen atoms in total. The van der Waals surface area contributed by atoms with Gasteiger partial charge in [0, 0.05) is 17.8 Å². The van der Waals surface area contributed by atoms with Crippen LogP contribution in [0.5, 0.6) is 0 Å². The predicted octanol–water partition coefficient (Wildman–Crippen LogP) is 2.67. The molecule has 5 rings (SSSR count). The summed E-state index contributed by atoms with van der Waals surface area (Å²) in [5.41, 5.74) is 6.26. The number of ketones is 1. The standard InChI is InChI=1S/C21H22Cl2N4O3/c22-21(23)9-12(21)5-6-17(28)16-8-11-7-15(11)27(16)18(29)10-26-14-4-2-1-3-13(14)19(25-26)20(24)30/h1-4,11-12,15-16H,5-10H2,(H2,24,30)/t11-,12-,15-,16+/m1/s1. The largest absolute Gasteiger partial charge is 0.364 e. The number of fused-ring (bicyclic) bond motifs is 2. The molecule has 2 aliphatic carbocycles. The molecule has 1 aromatic heterocycles. The van der Waals surface area contributed by atoms with Crippen molar-refractivity contribution in [2.45, 2.75) is 55.1 Å². The number of hydrogen-bond acceptors (Lipinski definition) is 4. The number of halogens is 2. The number of Topliss-reactive ketones (excluding diaryl/α,β-unsaturated/α-hetero) is 1. The van der Waals surface area contributed by atoms with E-state index in [2.05, 4.69) is 5.10 Å². The van der Waals surface area contributed by atoms with Gasteiger partial charge < -0.3 is 10.6 Å². The lowest BCUT2D eigenvalue weighted by Gasteiger charge is -2.27. The minimum atomic E-state index is -0.688. The smallest absolute Gasteiger partial charge is 0.269 e. The van der Waals surface area contributed by atoms with Gasteiger partial charge in [0.2, 0.25) is 5.91 Å². The third-order valence-electron chi connectivity index (χ3n) is 6.64. The minimum absolute atomic E-state index is 0.0319. The van der Waals surface area contributed by atoms with Crippen LogP contribution in [0.15, 0.2) is 24.3 Å². The summed E-state index contributed by atoms with van der Waals surface area (Å²) < 4.78 is 0.821. The molecule has 0 spiro atoms. The quantitative estimate of drug-likeness (QED) is 0.658. The highest BCUT2D eigenvalue weighted by atomic mass is 35.5. The van der Waals surface area contributed by atoms with Gasteiger partial charge in [-0.25, -0.2) is 0 Å². The van der Waals surface area contributed by atoms with Crippen molar-refractivity contribution in [1.29, 1.82) is 0 Å². The maximum Gasteiger partial charge on any atom is 0.269 e. The van der Waals surface area contributed by atoms with Gasteiger partial charge in [-0.05, 0) is 43.6 Å². The van der Waals surface area contributed by atoms with Crippen molar-refractivity contribution in [3.63, 3.8) is 0 Å². The fraction of sp³-hybridized carbons (Fsp3) is 0.524. The number of carbonyl (C=O) groups is 3. The average molecular weight is 449 g/mol. The van der Waals surface area contributed by atoms with E-state index >= 15 is 0 Å². The second-order valence-electron chi connectivity index (χ2n) is 8.67. The van der Waals surface area contributed by atoms with E-state index in [-0.39, 0.29) is 35.9 Å². The lowest BCUT2D eigenvalue weighted by atomic mass is 10.0. The Balaban J connectivity index is 1.32. The first kappa shape index (κ1) is 19.8. The van der Waals surface area contributed by atoms with Gasteiger partial charge in [0.1, 0.15) is 10.9 Å². The van der Waals surface area contributed by atoms with Crippen molar-refractivity contribution in [2.75, 3.05) is 0 Å². The number of alkyl halides is 2. The molecule has 4 atom stereocenters. The van der Waals surface area contributed by atoms with Crippen molar-refractivity contribution in [1.82, 2.24) is 14.7 Å². The zero-order chi connectivity index (χ0) is 21.2. The molecule has 158 valence electrons. The van der Waals surface area contributed by atoms with Crippen LogP contribution in [0.4, 0.5) is 0 Å². The van der Waals surface area contributed by atoms with Crippen LogP contribution < -0.4 is 5.73 Å². The molecule has 1 saturated heterocycles. The number of rotatable bonds is 7. The number of carbonyl (C=O) groups excluding carboxylic acids is 3. The number of piperidine rings is 1. The summed E-state index contributed by atoms with van der Waals surface area (Å²) in [6.07, 6.45) is 3.43. The molecule has 3 fully saturated rings. The Kier molecular flexibility index (Phi) is 4.59. The van der Waals surface area contributed by atoms with Crippen molar-refractivity contribution in [2.24, 2.45) is 17.6 Å². The number of aromatic nitrogens is 2. The first-order valence-electron chi connectivity index (χ1n) is 10.2. The number of para-hydroxylation sites is 1. The van der Waals surface area contributed by atoms with E-state index in [4.69, 9.17) is 28.9 Å². The Morgan fingerprint density at radius 2 is 1.93 bits per heavy atom. The molecule has 2 heterocycles. The summed E-state index contributed by atoms with van der Waals surface area (Å²) >= 11 is 12.1. The zero-order valence-corrected chi connectivity index (χ0v) is 17.8. The van der Waals surface area contributed by atoms with E-state index in [1.807, 2.05) is 6.07 Å². The van der Waals surface area contributed by atoms with E-state index in [0.29, 0.717) is 29.7 Å². The molecule has 1 aromatic carbocycles. The number of nitrogens with zero attached hydrogens (tertiary/aromatic N) is 3. The van der Waals surface area contributed by atoms with Gasteiger partial charge >= 0.3 is 0 Å². The first-order chi connectivity index (χ1) is 14.3. The molecule has 9 heteroatoms. The lowest BCUT2D eigenvalue weighted by Crippen LogP contribution is -2.44. The van der Waals surface area contributed by atoms with Crippen molar-refractivity contribution in [3.05, 3.63) is 30.0 Å². The minimum Gasteiger partial charge on any atom is -0.364 e. The highest BCUT2D eigenvalue weighted by molar-refractivity contribution is 6.50. The Hall–Kier alpha value is -2.12. The monoisotopic (exact) mass is 448 g/mol. The Bertz CT molecular complexity index is 1070. The van der Waals surface area contributed by atoms with Gasteiger partial charge in [0.25, 0.3) is 5.91 Å². The van der Waals surface area contributed by atoms with Crippen LogP contribution in [-0.2, 0) is 16.1 Å². The van der Waals surface area contributed by atoms with Gasteiger partial charge in [-0.15, -0.1) is 23.2 Å². The van der Waals surface area contributed by atoms with Crippen LogP contribution in [0.3, 0.4) is 0 Å². The van der Waals surface area contributed by atoms with Crippen LogP contribution in [0.25, 0.3) is 10.9 Å². The van der Waals surface area contributed by atoms with E-state index in [1.165, 1.54) is 4.68 Å². The molecular weight excluding hydrogens is 427 g/mol. The van der Waals surface area contributed by atoms with Crippen molar-refractivity contribution >= 4 is 51.7 Å². The van der Waals surface area contributed by atoms with Gasteiger partial charge in [-0.1, -0.05) is 18.2 Å². The molecule has 2 aromatic rings. The van der Waals surface area contributed by atoms with Crippen molar-refractivity contribution < 1.29 is 14.4 Å². The summed E-state index contributed by atoms with van der Waals surface area (Å²) in [7, 11) is 0. The van der Waals surface area contributed by atoms with Crippen LogP contribution >= 0.6 is 23.2 Å². The third-order valence-corrected chi connectivity index (χ3v) is 7.56. The van der Waals surface area contributed by atoms with Crippen LogP contribution in [0.2, 0.25) is 0 Å². The first-order valence-corrected chi connectivity index (χ1v) is 11.0. The normalized spacial score (nSPS) is 28.4. The summed E-state index contributed by atoms with van der Waals surface area (Å²) in [6.45, 7) is -0.0319. The maximum atomic E-state index is 13.2. The molecule has 30 heavy (non-hydrogen) atoms. The van der Waals surface area contributed by atoms with Gasteiger partial charge in [0.15, 0.2) is 11.5 Å². The van der Waals surface area contributed by atoms with E-state index in [9.17, 15) is 14.4 Å². The molecule has 0 bridgehead atoms. The van der Waals surface area contributed by atoms with E-state index < -0.39 is 16.3 Å². The number of primary amides is 1. The number of amides is 2. The third kappa shape index (κ3) is 3.38. The van der Waals surface area contributed by atoms with Gasteiger partial charge in [0.05, 0.1) is 11.6 Å². The molecule has 2 saturated carbocycles. The SMILES string of the molecule is NC(=O)c1nn(CC(=O)N2[C@@H]3C[C@@H]3C[C@H]2C(=O)CC[C@@H]2CC2(Cl)Cl)c2ccccc12. The van der Waals surface area contributed by atoms with Gasteiger partial charge in [-0.2, -0.15) is 5.10 Å². The van der Waals surface area contributed by atoms with Crippen molar-refractivity contribution in [3.8, 4) is 0 Å². The van der Waals surface area contributed by atoms with E-state index in [0.717, 1.165) is 19.3 Å². The summed E-state index contributed by atoms with van der Waals surface area (Å²) in [4.78, 5) is 39.5. The summed E-state index contributed by atoms with van der Waals surface area (Å²) in [5.74, 6) is -0.150. The average Bonchev–Trinajstić information content (AvgIpc) is 3.49. The van der Waals surface area contributed by atoms with Gasteiger partial charge in [-0.3, -0.25) is 19.1 Å². The topological polar surface area (TPSA) is 98.3 Å². The molecule has 3 aliphatic rings. The molecular formula is C21H22Cl2N4O3. The summed E-state index contributed by atoms with van der Waals surface area (Å²) in [5, 5.41) is 4.89.